The maximum Gasteiger partial charge on any atom is 0.416 e. The summed E-state index contributed by atoms with van der Waals surface area (Å²) in [6, 6.07) is 39.3. The van der Waals surface area contributed by atoms with Crippen molar-refractivity contribution in [2.75, 3.05) is 0 Å². The summed E-state index contributed by atoms with van der Waals surface area (Å²) in [6.07, 6.45) is -9.79. The molecule has 1 aromatic heterocycles. The van der Waals surface area contributed by atoms with E-state index in [4.69, 9.17) is 0 Å². The van der Waals surface area contributed by atoms with Crippen molar-refractivity contribution in [2.45, 2.75) is 12.4 Å². The first kappa shape index (κ1) is 28.9. The average molecular weight is 625 g/mol. The molecule has 1 heterocycles. The molecule has 0 atom stereocenters. The van der Waals surface area contributed by atoms with Crippen LogP contribution in [-0.4, -0.2) is 0 Å². The molecule has 7 rings (SSSR count). The van der Waals surface area contributed by atoms with Crippen LogP contribution in [0.3, 0.4) is 0 Å². The first-order chi connectivity index (χ1) is 21.5. The van der Waals surface area contributed by atoms with Gasteiger partial charge in [0.25, 0.3) is 0 Å². The third-order valence-corrected chi connectivity index (χ3v) is 9.10. The van der Waals surface area contributed by atoms with E-state index in [1.165, 1.54) is 32.3 Å². The molecule has 0 aliphatic heterocycles. The first-order valence-electron chi connectivity index (χ1n) is 14.1. The highest BCUT2D eigenvalue weighted by Crippen LogP contribution is 2.40. The van der Waals surface area contributed by atoms with Crippen LogP contribution in [-0.2, 0) is 12.4 Å². The lowest BCUT2D eigenvalue weighted by Crippen LogP contribution is -2.11. The highest BCUT2D eigenvalue weighted by molar-refractivity contribution is 7.25. The second kappa shape index (κ2) is 10.9. The molecule has 0 aliphatic rings. The Labute approximate surface area is 258 Å². The van der Waals surface area contributed by atoms with E-state index in [1.54, 1.807) is 23.5 Å². The Bertz CT molecular complexity index is 2120. The van der Waals surface area contributed by atoms with Gasteiger partial charge < -0.3 is 0 Å². The van der Waals surface area contributed by atoms with Gasteiger partial charge in [0.1, 0.15) is 0 Å². The van der Waals surface area contributed by atoms with Crippen molar-refractivity contribution in [3.63, 3.8) is 0 Å². The molecule has 0 amide bonds. The Hall–Kier alpha value is -4.88. The van der Waals surface area contributed by atoms with Gasteiger partial charge in [0.05, 0.1) is 11.1 Å². The van der Waals surface area contributed by atoms with E-state index in [2.05, 4.69) is 66.7 Å². The molecule has 0 bridgehead atoms. The van der Waals surface area contributed by atoms with Gasteiger partial charge in [-0.2, -0.15) is 26.3 Å². The third-order valence-electron chi connectivity index (χ3n) is 7.95. The zero-order chi connectivity index (χ0) is 31.3. The molecule has 0 fully saturated rings. The molecule has 0 radical (unpaired) electrons. The van der Waals surface area contributed by atoms with Crippen LogP contribution in [0.25, 0.3) is 64.7 Å². The van der Waals surface area contributed by atoms with Gasteiger partial charge in [-0.25, -0.2) is 0 Å². The molecule has 45 heavy (non-hydrogen) atoms. The number of halogens is 6. The van der Waals surface area contributed by atoms with Gasteiger partial charge in [0.15, 0.2) is 0 Å². The molecule has 7 heteroatoms. The van der Waals surface area contributed by atoms with Gasteiger partial charge in [-0.05, 0) is 80.9 Å². The molecule has 0 spiro atoms. The predicted octanol–water partition coefficient (Wildman–Crippen LogP) is 12.8. The molecule has 7 aromatic rings. The summed E-state index contributed by atoms with van der Waals surface area (Å²) in [5.74, 6) is 0. The van der Waals surface area contributed by atoms with Crippen molar-refractivity contribution in [3.05, 3.63) is 145 Å². The minimum Gasteiger partial charge on any atom is -0.166 e. The fourth-order valence-corrected chi connectivity index (χ4v) is 6.68. The van der Waals surface area contributed by atoms with Crippen molar-refractivity contribution in [1.82, 2.24) is 0 Å². The molecule has 6 aromatic carbocycles. The molecule has 0 saturated carbocycles. The number of hydrogen-bond acceptors (Lipinski definition) is 1. The normalized spacial score (nSPS) is 12.2. The van der Waals surface area contributed by atoms with Crippen LogP contribution < -0.4 is 0 Å². The first-order valence-corrected chi connectivity index (χ1v) is 14.9. The van der Waals surface area contributed by atoms with E-state index in [-0.39, 0.29) is 17.2 Å². The Morgan fingerprint density at radius 3 is 1.18 bits per heavy atom. The molecule has 0 aliphatic carbocycles. The fourth-order valence-electron chi connectivity index (χ4n) is 5.59. The maximum atomic E-state index is 13.3. The largest absolute Gasteiger partial charge is 0.416 e. The van der Waals surface area contributed by atoms with Crippen LogP contribution in [0.2, 0.25) is 0 Å². The van der Waals surface area contributed by atoms with Crippen LogP contribution in [0.1, 0.15) is 11.1 Å². The van der Waals surface area contributed by atoms with Crippen LogP contribution in [0.15, 0.2) is 133 Å². The Balaban J connectivity index is 1.11. The second-order valence-electron chi connectivity index (χ2n) is 10.8. The number of alkyl halides is 6. The zero-order valence-electron chi connectivity index (χ0n) is 23.4. The highest BCUT2D eigenvalue weighted by atomic mass is 32.1. The summed E-state index contributed by atoms with van der Waals surface area (Å²) in [6.45, 7) is 0. The minimum absolute atomic E-state index is 0.137. The van der Waals surface area contributed by atoms with E-state index in [0.717, 1.165) is 45.5 Å². The average Bonchev–Trinajstić information content (AvgIpc) is 3.42. The number of fused-ring (bicyclic) bond motifs is 3. The second-order valence-corrected chi connectivity index (χ2v) is 11.9. The summed E-state index contributed by atoms with van der Waals surface area (Å²) >= 11 is 1.79. The van der Waals surface area contributed by atoms with Crippen LogP contribution in [0.4, 0.5) is 26.3 Å². The van der Waals surface area contributed by atoms with Gasteiger partial charge in [-0.15, -0.1) is 11.3 Å². The van der Waals surface area contributed by atoms with E-state index in [0.29, 0.717) is 0 Å². The maximum absolute atomic E-state index is 13.3. The van der Waals surface area contributed by atoms with Crippen molar-refractivity contribution in [3.8, 4) is 44.5 Å². The topological polar surface area (TPSA) is 0 Å². The van der Waals surface area contributed by atoms with Crippen molar-refractivity contribution >= 4 is 31.5 Å². The summed E-state index contributed by atoms with van der Waals surface area (Å²) in [4.78, 5) is 0. The number of rotatable bonds is 4. The summed E-state index contributed by atoms with van der Waals surface area (Å²) in [5.41, 5.74) is 3.45. The molecular weight excluding hydrogens is 602 g/mol. The molecule has 222 valence electrons. The zero-order valence-corrected chi connectivity index (χ0v) is 24.2. The van der Waals surface area contributed by atoms with Crippen molar-refractivity contribution < 1.29 is 26.3 Å². The van der Waals surface area contributed by atoms with Gasteiger partial charge in [-0.3, -0.25) is 0 Å². The minimum atomic E-state index is -4.90. The number of benzene rings is 6. The van der Waals surface area contributed by atoms with Crippen molar-refractivity contribution in [1.29, 1.82) is 0 Å². The SMILES string of the molecule is FC(F)(F)c1cc(-c2ccc(-c3ccc(-c4ccc(-c5ccc6sc7ccccc7c6c5)cc4)cc3)cc2)cc(C(F)(F)F)c1. The van der Waals surface area contributed by atoms with E-state index < -0.39 is 23.5 Å². The van der Waals surface area contributed by atoms with E-state index >= 15 is 0 Å². The molecule has 0 unspecified atom stereocenters. The highest BCUT2D eigenvalue weighted by Gasteiger charge is 2.37. The Morgan fingerprint density at radius 2 is 0.711 bits per heavy atom. The monoisotopic (exact) mass is 624 g/mol. The van der Waals surface area contributed by atoms with Gasteiger partial charge in [-0.1, -0.05) is 97.1 Å². The standard InChI is InChI=1S/C38H22F6S/c39-37(40,41)31-19-30(20-32(22-31)38(42,43)44)28-15-11-26(12-16-28)24-7-5-23(6-8-24)25-9-13-27(14-10-25)29-17-18-36-34(21-29)33-3-1-2-4-35(33)45-36/h1-22H. The van der Waals surface area contributed by atoms with E-state index in [1.807, 2.05) is 24.3 Å². The Kier molecular flexibility index (Phi) is 7.01. The third kappa shape index (κ3) is 5.71. The molecule has 0 N–H and O–H groups in total. The fraction of sp³-hybridized carbons (Fsp3) is 0.0526. The van der Waals surface area contributed by atoms with Gasteiger partial charge >= 0.3 is 12.4 Å². The quantitative estimate of drug-likeness (QED) is 0.171. The Morgan fingerprint density at radius 1 is 0.333 bits per heavy atom. The molecular formula is C38H22F6S. The van der Waals surface area contributed by atoms with E-state index in [9.17, 15) is 26.3 Å². The smallest absolute Gasteiger partial charge is 0.166 e. The predicted molar refractivity (Wildman–Crippen MR) is 171 cm³/mol. The summed E-state index contributed by atoms with van der Waals surface area (Å²) < 4.78 is 82.4. The number of thiophene rings is 1. The van der Waals surface area contributed by atoms with Crippen LogP contribution in [0, 0.1) is 0 Å². The molecule has 0 nitrogen and oxygen atoms in total. The van der Waals surface area contributed by atoms with Crippen LogP contribution >= 0.6 is 11.3 Å². The van der Waals surface area contributed by atoms with Crippen molar-refractivity contribution in [2.24, 2.45) is 0 Å². The summed E-state index contributed by atoms with van der Waals surface area (Å²) in [7, 11) is 0. The lowest BCUT2D eigenvalue weighted by Gasteiger charge is -2.14. The number of hydrogen-bond donors (Lipinski definition) is 0. The van der Waals surface area contributed by atoms with Crippen LogP contribution in [0.5, 0.6) is 0 Å². The lowest BCUT2D eigenvalue weighted by molar-refractivity contribution is -0.143. The summed E-state index contributed by atoms with van der Waals surface area (Å²) in [5, 5.41) is 2.51. The molecule has 0 saturated heterocycles. The van der Waals surface area contributed by atoms with Gasteiger partial charge in [0, 0.05) is 20.2 Å². The lowest BCUT2D eigenvalue weighted by atomic mass is 9.95. The van der Waals surface area contributed by atoms with Gasteiger partial charge in [0.2, 0.25) is 0 Å².